The van der Waals surface area contributed by atoms with Crippen LogP contribution in [0.25, 0.3) is 0 Å². The molecule has 19 heavy (non-hydrogen) atoms. The van der Waals surface area contributed by atoms with Crippen molar-refractivity contribution >= 4 is 16.6 Å². The van der Waals surface area contributed by atoms with Gasteiger partial charge in [-0.25, -0.2) is 0 Å². The van der Waals surface area contributed by atoms with Crippen LogP contribution in [-0.4, -0.2) is 64.9 Å². The van der Waals surface area contributed by atoms with Gasteiger partial charge in [0, 0.05) is 12.3 Å². The van der Waals surface area contributed by atoms with Gasteiger partial charge in [-0.1, -0.05) is 27.7 Å². The lowest BCUT2D eigenvalue weighted by atomic mass is 10.6. The van der Waals surface area contributed by atoms with Crippen molar-refractivity contribution in [3.8, 4) is 0 Å². The van der Waals surface area contributed by atoms with Crippen LogP contribution in [0, 0.1) is 0 Å². The molecule has 0 saturated carbocycles. The Labute approximate surface area is 123 Å². The summed E-state index contributed by atoms with van der Waals surface area (Å²) in [5, 5.41) is 0. The maximum Gasteiger partial charge on any atom is 0.187 e. The Morgan fingerprint density at radius 2 is 0.895 bits per heavy atom. The first-order valence-corrected chi connectivity index (χ1v) is 14.1. The van der Waals surface area contributed by atoms with Gasteiger partial charge in [-0.05, 0) is 52.4 Å². The van der Waals surface area contributed by atoms with Gasteiger partial charge < -0.3 is 13.9 Å². The molecule has 0 unspecified atom stereocenters. The van der Waals surface area contributed by atoms with E-state index in [-0.39, 0.29) is 0 Å². The minimum atomic E-state index is -1.58. The summed E-state index contributed by atoms with van der Waals surface area (Å²) in [6.07, 6.45) is 2.32. The topological polar surface area (TPSA) is 15.7 Å². The summed E-state index contributed by atoms with van der Waals surface area (Å²) in [6.45, 7) is 23.0. The van der Waals surface area contributed by atoms with Crippen molar-refractivity contribution < 1.29 is 4.12 Å². The molecule has 0 atom stereocenters. The van der Waals surface area contributed by atoms with Crippen molar-refractivity contribution in [1.82, 2.24) is 9.80 Å². The molecule has 0 amide bonds. The Balaban J connectivity index is 4.52. The zero-order valence-electron chi connectivity index (χ0n) is 14.5. The highest BCUT2D eigenvalue weighted by atomic mass is 28.4. The van der Waals surface area contributed by atoms with E-state index in [1.54, 1.807) is 0 Å². The van der Waals surface area contributed by atoms with Crippen LogP contribution in [-0.2, 0) is 4.12 Å². The van der Waals surface area contributed by atoms with Gasteiger partial charge >= 0.3 is 0 Å². The molecule has 0 rings (SSSR count). The number of hydrogen-bond acceptors (Lipinski definition) is 3. The average Bonchev–Trinajstić information content (AvgIpc) is 2.31. The van der Waals surface area contributed by atoms with Crippen molar-refractivity contribution in [2.45, 2.75) is 53.9 Å². The van der Waals surface area contributed by atoms with Crippen molar-refractivity contribution in [2.24, 2.45) is 0 Å². The van der Waals surface area contributed by atoms with Gasteiger partial charge in [0.05, 0.1) is 0 Å². The second kappa shape index (κ2) is 8.57. The second-order valence-corrected chi connectivity index (χ2v) is 15.0. The molecule has 0 saturated heterocycles. The van der Waals surface area contributed by atoms with Crippen LogP contribution in [0.1, 0.15) is 27.7 Å². The summed E-state index contributed by atoms with van der Waals surface area (Å²) in [6, 6.07) is 0. The largest absolute Gasteiger partial charge is 0.454 e. The van der Waals surface area contributed by atoms with Gasteiger partial charge in [-0.15, -0.1) is 0 Å². The van der Waals surface area contributed by atoms with Crippen molar-refractivity contribution in [3.05, 3.63) is 0 Å². The van der Waals surface area contributed by atoms with Gasteiger partial charge in [0.1, 0.15) is 0 Å². The van der Waals surface area contributed by atoms with E-state index in [9.17, 15) is 0 Å². The van der Waals surface area contributed by atoms with Crippen LogP contribution in [0.3, 0.4) is 0 Å². The molecule has 3 nitrogen and oxygen atoms in total. The fraction of sp³-hybridized carbons (Fsp3) is 1.00. The quantitative estimate of drug-likeness (QED) is 0.577. The van der Waals surface area contributed by atoms with E-state index < -0.39 is 16.6 Å². The first kappa shape index (κ1) is 19.3. The normalized spacial score (nSPS) is 13.6. The van der Waals surface area contributed by atoms with Crippen LogP contribution in [0.5, 0.6) is 0 Å². The van der Waals surface area contributed by atoms with Crippen LogP contribution >= 0.6 is 0 Å². The van der Waals surface area contributed by atoms with E-state index in [1.165, 1.54) is 0 Å². The number of nitrogens with zero attached hydrogens (tertiary/aromatic N) is 2. The summed E-state index contributed by atoms with van der Waals surface area (Å²) in [5.74, 6) is 0. The molecule has 0 spiro atoms. The summed E-state index contributed by atoms with van der Waals surface area (Å²) < 4.78 is 6.69. The maximum atomic E-state index is 6.69. The molecule has 0 N–H and O–H groups in total. The minimum absolute atomic E-state index is 1.13. The zero-order valence-corrected chi connectivity index (χ0v) is 16.5. The molecule has 5 heteroatoms. The van der Waals surface area contributed by atoms with Crippen molar-refractivity contribution in [3.63, 3.8) is 0 Å². The Bertz CT molecular complexity index is 216. The molecule has 0 aromatic carbocycles. The molecule has 0 aliphatic rings. The summed E-state index contributed by atoms with van der Waals surface area (Å²) in [7, 11) is -3.15. The molecular weight excluding hydrogens is 268 g/mol. The first-order valence-electron chi connectivity index (χ1n) is 7.84. The fourth-order valence-corrected chi connectivity index (χ4v) is 12.3. The molecular formula is C14H36N2OSi2. The minimum Gasteiger partial charge on any atom is -0.454 e. The van der Waals surface area contributed by atoms with Crippen molar-refractivity contribution in [1.29, 1.82) is 0 Å². The zero-order chi connectivity index (χ0) is 15.1. The lowest BCUT2D eigenvalue weighted by molar-refractivity contribution is 0.315. The summed E-state index contributed by atoms with van der Waals surface area (Å²) >= 11 is 0. The summed E-state index contributed by atoms with van der Waals surface area (Å²) in [5.41, 5.74) is 0. The molecule has 0 bridgehead atoms. The molecule has 0 aliphatic heterocycles. The number of rotatable bonds is 10. The van der Waals surface area contributed by atoms with Gasteiger partial charge in [0.25, 0.3) is 0 Å². The van der Waals surface area contributed by atoms with Gasteiger partial charge in [-0.2, -0.15) is 0 Å². The van der Waals surface area contributed by atoms with Crippen LogP contribution in [0.15, 0.2) is 0 Å². The molecule has 0 aliphatic carbocycles. The predicted molar refractivity (Wildman–Crippen MR) is 91.6 cm³/mol. The van der Waals surface area contributed by atoms with E-state index in [2.05, 4.69) is 63.7 Å². The fourth-order valence-electron chi connectivity index (χ4n) is 2.78. The third kappa shape index (κ3) is 8.24. The standard InChI is InChI=1S/C14H36N2OSi2/c1-9-15(10-2)13-18(5,6)17-19(7,8)14-16(11-3)12-4/h9-14H2,1-8H3. The van der Waals surface area contributed by atoms with Gasteiger partial charge in [0.15, 0.2) is 16.6 Å². The molecule has 0 aromatic heterocycles. The highest BCUT2D eigenvalue weighted by molar-refractivity contribution is 6.85. The third-order valence-corrected chi connectivity index (χ3v) is 10.4. The Kier molecular flexibility index (Phi) is 8.71. The van der Waals surface area contributed by atoms with E-state index in [1.807, 2.05) is 0 Å². The molecule has 116 valence electrons. The van der Waals surface area contributed by atoms with E-state index >= 15 is 0 Å². The first-order chi connectivity index (χ1) is 8.69. The monoisotopic (exact) mass is 304 g/mol. The van der Waals surface area contributed by atoms with Crippen LogP contribution < -0.4 is 0 Å². The molecule has 0 aromatic rings. The van der Waals surface area contributed by atoms with Gasteiger partial charge in [-0.3, -0.25) is 0 Å². The average molecular weight is 305 g/mol. The molecule has 0 heterocycles. The third-order valence-electron chi connectivity index (χ3n) is 3.55. The van der Waals surface area contributed by atoms with Crippen LogP contribution in [0.2, 0.25) is 26.2 Å². The smallest absolute Gasteiger partial charge is 0.187 e. The molecule has 0 fully saturated rings. The number of hydrogen-bond donors (Lipinski definition) is 0. The Morgan fingerprint density at radius 3 is 1.11 bits per heavy atom. The van der Waals surface area contributed by atoms with E-state index in [0.717, 1.165) is 38.5 Å². The molecule has 0 radical (unpaired) electrons. The van der Waals surface area contributed by atoms with Crippen molar-refractivity contribution in [2.75, 3.05) is 38.5 Å². The van der Waals surface area contributed by atoms with Gasteiger partial charge in [0.2, 0.25) is 0 Å². The summed E-state index contributed by atoms with van der Waals surface area (Å²) in [4.78, 5) is 5.02. The second-order valence-electron chi connectivity index (χ2n) is 6.54. The SMILES string of the molecule is CCN(CC)C[Si](C)(C)O[Si](C)(C)CN(CC)CC. The Hall–Kier alpha value is 0.314. The van der Waals surface area contributed by atoms with E-state index in [4.69, 9.17) is 4.12 Å². The van der Waals surface area contributed by atoms with E-state index in [0.29, 0.717) is 0 Å². The maximum absolute atomic E-state index is 6.69. The van der Waals surface area contributed by atoms with Crippen LogP contribution in [0.4, 0.5) is 0 Å². The lowest BCUT2D eigenvalue weighted by Crippen LogP contribution is -2.55. The Morgan fingerprint density at radius 1 is 0.632 bits per heavy atom. The predicted octanol–water partition coefficient (Wildman–Crippen LogP) is 3.18. The lowest BCUT2D eigenvalue weighted by Gasteiger charge is -2.39. The highest BCUT2D eigenvalue weighted by Gasteiger charge is 2.34. The highest BCUT2D eigenvalue weighted by Crippen LogP contribution is 2.17.